The van der Waals surface area contributed by atoms with Gasteiger partial charge in [-0.25, -0.2) is 0 Å². The summed E-state index contributed by atoms with van der Waals surface area (Å²) in [5, 5.41) is 11.2. The first-order valence-corrected chi connectivity index (χ1v) is 11.0. The van der Waals surface area contributed by atoms with Crippen molar-refractivity contribution in [3.8, 4) is 0 Å². The molecule has 9 heteroatoms. The van der Waals surface area contributed by atoms with Gasteiger partial charge in [-0.3, -0.25) is 14.9 Å². The molecule has 0 radical (unpaired) electrons. The molecule has 29 heavy (non-hydrogen) atoms. The molecule has 0 aliphatic carbocycles. The van der Waals surface area contributed by atoms with Gasteiger partial charge >= 0.3 is 0 Å². The molecule has 2 aromatic carbocycles. The Morgan fingerprint density at radius 1 is 1.28 bits per heavy atom. The van der Waals surface area contributed by atoms with Crippen LogP contribution in [0.4, 0.5) is 5.69 Å². The summed E-state index contributed by atoms with van der Waals surface area (Å²) in [6.07, 6.45) is 0. The molecule has 0 unspecified atom stereocenters. The molecule has 3 rings (SSSR count). The SMILES string of the molecule is CCOCCn1c(=NC(=O)c2cccc(SCC)c2)sc2ccc([N+](=O)[O-])cc21. The van der Waals surface area contributed by atoms with Gasteiger partial charge in [-0.1, -0.05) is 24.3 Å². The second kappa shape index (κ2) is 9.82. The Kier molecular flexibility index (Phi) is 7.18. The first-order valence-electron chi connectivity index (χ1n) is 9.21. The predicted octanol–water partition coefficient (Wildman–Crippen LogP) is 4.50. The van der Waals surface area contributed by atoms with Crippen molar-refractivity contribution in [1.29, 1.82) is 0 Å². The molecule has 0 saturated carbocycles. The first kappa shape index (κ1) is 21.2. The number of rotatable bonds is 8. The van der Waals surface area contributed by atoms with E-state index in [0.29, 0.717) is 35.6 Å². The number of carbonyl (C=O) groups is 1. The lowest BCUT2D eigenvalue weighted by Crippen LogP contribution is -2.19. The zero-order chi connectivity index (χ0) is 20.8. The van der Waals surface area contributed by atoms with Crippen LogP contribution in [-0.2, 0) is 11.3 Å². The molecule has 7 nitrogen and oxygen atoms in total. The lowest BCUT2D eigenvalue weighted by Gasteiger charge is -2.05. The number of ether oxygens (including phenoxy) is 1. The van der Waals surface area contributed by atoms with E-state index >= 15 is 0 Å². The van der Waals surface area contributed by atoms with Crippen molar-refractivity contribution < 1.29 is 14.5 Å². The van der Waals surface area contributed by atoms with Crippen LogP contribution < -0.4 is 4.80 Å². The quantitative estimate of drug-likeness (QED) is 0.227. The average Bonchev–Trinajstić information content (AvgIpc) is 3.05. The average molecular weight is 432 g/mol. The molecular formula is C20H21N3O4S2. The van der Waals surface area contributed by atoms with Gasteiger partial charge in [-0.2, -0.15) is 4.99 Å². The van der Waals surface area contributed by atoms with Crippen LogP contribution in [0.2, 0.25) is 0 Å². The maximum absolute atomic E-state index is 12.8. The number of benzene rings is 2. The molecule has 0 saturated heterocycles. The number of carbonyl (C=O) groups excluding carboxylic acids is 1. The molecule has 0 aliphatic rings. The minimum absolute atomic E-state index is 0.00243. The summed E-state index contributed by atoms with van der Waals surface area (Å²) in [6.45, 7) is 5.40. The molecule has 0 bridgehead atoms. The van der Waals surface area contributed by atoms with Crippen molar-refractivity contribution >= 4 is 44.9 Å². The second-order valence-corrected chi connectivity index (χ2v) is 8.37. The molecule has 152 valence electrons. The van der Waals surface area contributed by atoms with Crippen molar-refractivity contribution in [2.45, 2.75) is 25.3 Å². The third-order valence-electron chi connectivity index (χ3n) is 4.13. The molecule has 0 aliphatic heterocycles. The highest BCUT2D eigenvalue weighted by Gasteiger charge is 2.14. The second-order valence-electron chi connectivity index (χ2n) is 6.02. The number of thiazole rings is 1. The van der Waals surface area contributed by atoms with E-state index in [0.717, 1.165) is 15.3 Å². The van der Waals surface area contributed by atoms with Crippen molar-refractivity contribution in [2.24, 2.45) is 4.99 Å². The molecule has 0 fully saturated rings. The van der Waals surface area contributed by atoms with Gasteiger partial charge in [-0.05, 0) is 36.9 Å². The van der Waals surface area contributed by atoms with E-state index in [1.165, 1.54) is 23.5 Å². The third-order valence-corrected chi connectivity index (χ3v) is 6.06. The zero-order valence-corrected chi connectivity index (χ0v) is 17.8. The Balaban J connectivity index is 2.06. The van der Waals surface area contributed by atoms with Crippen LogP contribution in [0.15, 0.2) is 52.4 Å². The summed E-state index contributed by atoms with van der Waals surface area (Å²) in [7, 11) is 0. The minimum atomic E-state index is -0.428. The maximum atomic E-state index is 12.8. The number of thioether (sulfide) groups is 1. The van der Waals surface area contributed by atoms with Crippen LogP contribution in [0.1, 0.15) is 24.2 Å². The first-order chi connectivity index (χ1) is 14.0. The van der Waals surface area contributed by atoms with Gasteiger partial charge in [-0.15, -0.1) is 11.8 Å². The van der Waals surface area contributed by atoms with E-state index in [9.17, 15) is 14.9 Å². The monoisotopic (exact) mass is 431 g/mol. The largest absolute Gasteiger partial charge is 0.380 e. The van der Waals surface area contributed by atoms with Gasteiger partial charge < -0.3 is 9.30 Å². The Morgan fingerprint density at radius 3 is 2.83 bits per heavy atom. The van der Waals surface area contributed by atoms with Crippen LogP contribution >= 0.6 is 23.1 Å². The molecule has 3 aromatic rings. The minimum Gasteiger partial charge on any atom is -0.380 e. The van der Waals surface area contributed by atoms with Crippen LogP contribution in [0.5, 0.6) is 0 Å². The van der Waals surface area contributed by atoms with Gasteiger partial charge in [0.25, 0.3) is 11.6 Å². The fraction of sp³-hybridized carbons (Fsp3) is 0.300. The van der Waals surface area contributed by atoms with E-state index < -0.39 is 4.92 Å². The van der Waals surface area contributed by atoms with Gasteiger partial charge in [0, 0.05) is 35.7 Å². The number of non-ortho nitro benzene ring substituents is 1. The summed E-state index contributed by atoms with van der Waals surface area (Å²) in [5.74, 6) is 0.580. The molecule has 1 amide bonds. The van der Waals surface area contributed by atoms with Crippen LogP contribution in [0, 0.1) is 10.1 Å². The fourth-order valence-electron chi connectivity index (χ4n) is 2.81. The smallest absolute Gasteiger partial charge is 0.279 e. The lowest BCUT2D eigenvalue weighted by atomic mass is 10.2. The summed E-state index contributed by atoms with van der Waals surface area (Å²) in [4.78, 5) is 29.4. The van der Waals surface area contributed by atoms with Crippen molar-refractivity contribution in [2.75, 3.05) is 19.0 Å². The number of nitrogens with zero attached hydrogens (tertiary/aromatic N) is 3. The van der Waals surface area contributed by atoms with Crippen molar-refractivity contribution in [1.82, 2.24) is 4.57 Å². The van der Waals surface area contributed by atoms with Gasteiger partial charge in [0.15, 0.2) is 4.80 Å². The molecule has 1 heterocycles. The van der Waals surface area contributed by atoms with E-state index in [4.69, 9.17) is 4.74 Å². The van der Waals surface area contributed by atoms with E-state index in [-0.39, 0.29) is 11.6 Å². The molecular weight excluding hydrogens is 410 g/mol. The van der Waals surface area contributed by atoms with Crippen LogP contribution in [-0.4, -0.2) is 34.4 Å². The predicted molar refractivity (Wildman–Crippen MR) is 116 cm³/mol. The topological polar surface area (TPSA) is 86.7 Å². The third kappa shape index (κ3) is 5.11. The maximum Gasteiger partial charge on any atom is 0.279 e. The van der Waals surface area contributed by atoms with Crippen LogP contribution in [0.3, 0.4) is 0 Å². The van der Waals surface area contributed by atoms with E-state index in [1.807, 2.05) is 29.7 Å². The lowest BCUT2D eigenvalue weighted by molar-refractivity contribution is -0.384. The number of hydrogen-bond acceptors (Lipinski definition) is 6. The number of aromatic nitrogens is 1. The molecule has 0 N–H and O–H groups in total. The van der Waals surface area contributed by atoms with Crippen molar-refractivity contribution in [3.63, 3.8) is 0 Å². The van der Waals surface area contributed by atoms with E-state index in [2.05, 4.69) is 11.9 Å². The molecule has 0 spiro atoms. The number of amides is 1. The number of hydrogen-bond donors (Lipinski definition) is 0. The number of nitro benzene ring substituents is 1. The zero-order valence-electron chi connectivity index (χ0n) is 16.2. The summed E-state index contributed by atoms with van der Waals surface area (Å²) >= 11 is 2.99. The van der Waals surface area contributed by atoms with Crippen molar-refractivity contribution in [3.05, 3.63) is 62.9 Å². The number of fused-ring (bicyclic) bond motifs is 1. The highest BCUT2D eigenvalue weighted by Crippen LogP contribution is 2.23. The molecule has 0 atom stereocenters. The van der Waals surface area contributed by atoms with Gasteiger partial charge in [0.2, 0.25) is 0 Å². The highest BCUT2D eigenvalue weighted by atomic mass is 32.2. The Labute approximate surface area is 176 Å². The van der Waals surface area contributed by atoms with E-state index in [1.54, 1.807) is 23.9 Å². The van der Waals surface area contributed by atoms with Gasteiger partial charge in [0.05, 0.1) is 21.7 Å². The summed E-state index contributed by atoms with van der Waals surface area (Å²) in [5.41, 5.74) is 1.19. The number of nitro groups is 1. The molecule has 1 aromatic heterocycles. The highest BCUT2D eigenvalue weighted by molar-refractivity contribution is 7.99. The van der Waals surface area contributed by atoms with Gasteiger partial charge in [0.1, 0.15) is 0 Å². The summed E-state index contributed by atoms with van der Waals surface area (Å²) < 4.78 is 8.08. The fourth-order valence-corrected chi connectivity index (χ4v) is 4.56. The Bertz CT molecular complexity index is 1100. The van der Waals surface area contributed by atoms with Crippen LogP contribution in [0.25, 0.3) is 10.2 Å². The normalized spacial score (nSPS) is 11.9. The summed E-state index contributed by atoms with van der Waals surface area (Å²) in [6, 6.07) is 12.1. The Hall–Kier alpha value is -2.49. The standard InChI is InChI=1S/C20H21N3O4S2/c1-3-27-11-10-22-17-13-15(23(25)26)8-9-18(17)29-20(22)21-19(24)14-6-5-7-16(12-14)28-4-2/h5-9,12-13H,3-4,10-11H2,1-2H3. The Morgan fingerprint density at radius 2 is 2.10 bits per heavy atom.